The normalized spacial score (nSPS) is 27.2. The minimum atomic E-state index is -1.95. The van der Waals surface area contributed by atoms with Gasteiger partial charge in [-0.1, -0.05) is 11.1 Å². The fourth-order valence-corrected chi connectivity index (χ4v) is 1.30. The molecule has 3 nitrogen and oxygen atoms in total. The van der Waals surface area contributed by atoms with E-state index < -0.39 is 11.1 Å². The smallest absolute Gasteiger partial charge is 0.0282 e. The zero-order valence-corrected chi connectivity index (χ0v) is 5.24. The van der Waals surface area contributed by atoms with Gasteiger partial charge in [0.2, 0.25) is 0 Å². The highest BCUT2D eigenvalue weighted by molar-refractivity contribution is 7.79. The number of rotatable bonds is 2. The lowest BCUT2D eigenvalue weighted by Crippen LogP contribution is -2.28. The highest BCUT2D eigenvalue weighted by Crippen LogP contribution is 2.32. The molecular weight excluding hydrogens is 126 g/mol. The number of nitrogens with two attached hydrogens (primary N) is 1. The van der Waals surface area contributed by atoms with Crippen molar-refractivity contribution in [3.63, 3.8) is 0 Å². The summed E-state index contributed by atoms with van der Waals surface area (Å²) in [5, 5.41) is 0. The van der Waals surface area contributed by atoms with Crippen LogP contribution in [0, 0.1) is 0 Å². The van der Waals surface area contributed by atoms with Crippen molar-refractivity contribution in [1.29, 1.82) is 0 Å². The maximum Gasteiger partial charge on any atom is 0.0282 e. The molecule has 0 radical (unpaired) electrons. The van der Waals surface area contributed by atoms with Crippen molar-refractivity contribution in [2.75, 3.05) is 5.75 Å². The van der Waals surface area contributed by atoms with Crippen molar-refractivity contribution < 1.29 is 8.76 Å². The highest BCUT2D eigenvalue weighted by Gasteiger charge is 2.37. The maximum atomic E-state index is 9.97. The standard InChI is InChI=1S/C4H9NO2S/c5-4(1-2-4)3-8(6)7/h1-3,5H2,(H,6,7)/p-1. The van der Waals surface area contributed by atoms with Gasteiger partial charge in [-0.3, -0.25) is 4.21 Å². The van der Waals surface area contributed by atoms with E-state index >= 15 is 0 Å². The molecular formula is C4H8NO2S-. The molecule has 0 aliphatic heterocycles. The quantitative estimate of drug-likeness (QED) is 0.511. The monoisotopic (exact) mass is 134 g/mol. The van der Waals surface area contributed by atoms with Gasteiger partial charge in [0, 0.05) is 11.3 Å². The molecule has 1 aliphatic rings. The van der Waals surface area contributed by atoms with Gasteiger partial charge in [-0.05, 0) is 12.8 Å². The molecule has 0 saturated heterocycles. The first-order chi connectivity index (χ1) is 3.62. The van der Waals surface area contributed by atoms with Gasteiger partial charge in [-0.25, -0.2) is 0 Å². The van der Waals surface area contributed by atoms with Gasteiger partial charge in [0.15, 0.2) is 0 Å². The fraction of sp³-hybridized carbons (Fsp3) is 1.00. The zero-order valence-electron chi connectivity index (χ0n) is 4.42. The topological polar surface area (TPSA) is 66.2 Å². The second-order valence-electron chi connectivity index (χ2n) is 2.31. The Morgan fingerprint density at radius 1 is 1.75 bits per heavy atom. The van der Waals surface area contributed by atoms with Crippen LogP contribution in [-0.2, 0) is 11.1 Å². The summed E-state index contributed by atoms with van der Waals surface area (Å²) < 4.78 is 19.9. The minimum absolute atomic E-state index is 0.132. The van der Waals surface area contributed by atoms with Crippen LogP contribution in [0.2, 0.25) is 0 Å². The molecule has 48 valence electrons. The first-order valence-electron chi connectivity index (χ1n) is 2.47. The lowest BCUT2D eigenvalue weighted by molar-refractivity contribution is 0.528. The number of hydrogen-bond donors (Lipinski definition) is 1. The van der Waals surface area contributed by atoms with Crippen molar-refractivity contribution in [3.05, 3.63) is 0 Å². The molecule has 8 heavy (non-hydrogen) atoms. The van der Waals surface area contributed by atoms with Crippen LogP contribution in [-0.4, -0.2) is 20.1 Å². The van der Waals surface area contributed by atoms with Crippen LogP contribution in [0.5, 0.6) is 0 Å². The van der Waals surface area contributed by atoms with E-state index in [4.69, 9.17) is 5.73 Å². The van der Waals surface area contributed by atoms with E-state index in [1.54, 1.807) is 0 Å². The molecule has 0 spiro atoms. The Labute approximate surface area is 50.5 Å². The summed E-state index contributed by atoms with van der Waals surface area (Å²) in [6.07, 6.45) is 1.72. The third kappa shape index (κ3) is 1.54. The van der Waals surface area contributed by atoms with E-state index in [0.717, 1.165) is 12.8 Å². The van der Waals surface area contributed by atoms with Crippen molar-refractivity contribution in [3.8, 4) is 0 Å². The molecule has 1 unspecified atom stereocenters. The van der Waals surface area contributed by atoms with Gasteiger partial charge in [0.05, 0.1) is 0 Å². The molecule has 0 bridgehead atoms. The lowest BCUT2D eigenvalue weighted by atomic mass is 10.4. The summed E-state index contributed by atoms with van der Waals surface area (Å²) >= 11 is -1.95. The number of hydrogen-bond acceptors (Lipinski definition) is 3. The van der Waals surface area contributed by atoms with Gasteiger partial charge in [-0.15, -0.1) is 0 Å². The van der Waals surface area contributed by atoms with Crippen molar-refractivity contribution in [1.82, 2.24) is 0 Å². The van der Waals surface area contributed by atoms with E-state index in [-0.39, 0.29) is 11.3 Å². The summed E-state index contributed by atoms with van der Waals surface area (Å²) in [7, 11) is 0. The van der Waals surface area contributed by atoms with E-state index in [1.807, 2.05) is 0 Å². The van der Waals surface area contributed by atoms with Crippen LogP contribution in [0.4, 0.5) is 0 Å². The Kier molecular flexibility index (Phi) is 1.38. The molecule has 0 aromatic rings. The summed E-state index contributed by atoms with van der Waals surface area (Å²) in [6, 6.07) is 0. The molecule has 0 aromatic carbocycles. The third-order valence-corrected chi connectivity index (χ3v) is 2.11. The Morgan fingerprint density at radius 2 is 2.25 bits per heavy atom. The van der Waals surface area contributed by atoms with Crippen LogP contribution in [0.15, 0.2) is 0 Å². The summed E-state index contributed by atoms with van der Waals surface area (Å²) in [5.74, 6) is 0.132. The SMILES string of the molecule is NC1(CS(=O)[O-])CC1. The third-order valence-electron chi connectivity index (χ3n) is 1.30. The molecule has 0 heterocycles. The average Bonchev–Trinajstić information content (AvgIpc) is 2.17. The molecule has 4 heteroatoms. The molecule has 2 N–H and O–H groups in total. The Morgan fingerprint density at radius 3 is 2.38 bits per heavy atom. The van der Waals surface area contributed by atoms with Crippen molar-refractivity contribution in [2.45, 2.75) is 18.4 Å². The van der Waals surface area contributed by atoms with Gasteiger partial charge in [0.1, 0.15) is 0 Å². The van der Waals surface area contributed by atoms with E-state index in [2.05, 4.69) is 0 Å². The molecule has 1 saturated carbocycles. The Bertz CT molecular complexity index is 121. The largest absolute Gasteiger partial charge is 0.772 e. The first kappa shape index (κ1) is 6.19. The molecule has 0 amide bonds. The van der Waals surface area contributed by atoms with Crippen molar-refractivity contribution >= 4 is 11.1 Å². The van der Waals surface area contributed by atoms with Crippen LogP contribution in [0.25, 0.3) is 0 Å². The second kappa shape index (κ2) is 1.79. The molecule has 1 rings (SSSR count). The lowest BCUT2D eigenvalue weighted by Gasteiger charge is -2.09. The van der Waals surface area contributed by atoms with Gasteiger partial charge < -0.3 is 10.3 Å². The Balaban J connectivity index is 2.29. The van der Waals surface area contributed by atoms with E-state index in [1.165, 1.54) is 0 Å². The fourth-order valence-electron chi connectivity index (χ4n) is 0.540. The van der Waals surface area contributed by atoms with Gasteiger partial charge in [0.25, 0.3) is 0 Å². The van der Waals surface area contributed by atoms with Gasteiger partial charge >= 0.3 is 0 Å². The zero-order chi connectivity index (χ0) is 6.20. The highest BCUT2D eigenvalue weighted by atomic mass is 32.2. The predicted octanol–water partition coefficient (Wildman–Crippen LogP) is -0.643. The van der Waals surface area contributed by atoms with Crippen molar-refractivity contribution in [2.24, 2.45) is 5.73 Å². The summed E-state index contributed by atoms with van der Waals surface area (Å²) in [5.41, 5.74) is 5.11. The maximum absolute atomic E-state index is 9.97. The predicted molar refractivity (Wildman–Crippen MR) is 29.9 cm³/mol. The van der Waals surface area contributed by atoms with E-state index in [9.17, 15) is 8.76 Å². The molecule has 1 aliphatic carbocycles. The second-order valence-corrected chi connectivity index (χ2v) is 3.21. The first-order valence-corrected chi connectivity index (χ1v) is 3.72. The van der Waals surface area contributed by atoms with Crippen LogP contribution < -0.4 is 5.73 Å². The molecule has 0 aromatic heterocycles. The Hall–Kier alpha value is 0.0700. The summed E-state index contributed by atoms with van der Waals surface area (Å²) in [6.45, 7) is 0. The molecule has 1 fully saturated rings. The summed E-state index contributed by atoms with van der Waals surface area (Å²) in [4.78, 5) is 0. The minimum Gasteiger partial charge on any atom is -0.772 e. The van der Waals surface area contributed by atoms with E-state index in [0.29, 0.717) is 0 Å². The van der Waals surface area contributed by atoms with Gasteiger partial charge in [-0.2, -0.15) is 0 Å². The molecule has 1 atom stereocenters. The van der Waals surface area contributed by atoms with Crippen LogP contribution in [0.1, 0.15) is 12.8 Å². The average molecular weight is 134 g/mol. The van der Waals surface area contributed by atoms with Crippen LogP contribution >= 0.6 is 0 Å². The van der Waals surface area contributed by atoms with Crippen LogP contribution in [0.3, 0.4) is 0 Å².